The monoisotopic (exact) mass is 790 g/mol. The Hall–Kier alpha value is -5.62. The minimum atomic E-state index is -0.809. The first kappa shape index (κ1) is 42.0. The average molecular weight is 791 g/mol. The minimum Gasteiger partial charge on any atom is -0.458 e. The molecule has 0 atom stereocenters. The Morgan fingerprint density at radius 2 is 0.776 bits per heavy atom. The van der Waals surface area contributed by atoms with Gasteiger partial charge in [0.05, 0.1) is 0 Å². The molecule has 12 nitrogen and oxygen atoms in total. The molecule has 0 amide bonds. The number of esters is 4. The molecule has 12 heteroatoms. The molecular formula is C46H54N4O8. The van der Waals surface area contributed by atoms with Crippen molar-refractivity contribution in [3.8, 4) is 12.1 Å². The molecule has 2 aromatic carbocycles. The molecule has 0 bridgehead atoms. The topological polar surface area (TPSA) is 159 Å². The molecule has 4 aliphatic rings. The quantitative estimate of drug-likeness (QED) is 0.0528. The van der Waals surface area contributed by atoms with Crippen molar-refractivity contribution in [1.82, 2.24) is 0 Å². The molecule has 0 unspecified atom stereocenters. The number of rotatable bonds is 13. The number of benzene rings is 2. The Morgan fingerprint density at radius 1 is 0.500 bits per heavy atom. The van der Waals surface area contributed by atoms with Gasteiger partial charge in [-0.05, 0) is 171 Å². The third-order valence-corrected chi connectivity index (χ3v) is 11.8. The van der Waals surface area contributed by atoms with Crippen LogP contribution in [0.15, 0.2) is 11.1 Å². The first-order chi connectivity index (χ1) is 28.0. The number of hydrogen-bond acceptors (Lipinski definition) is 12. The van der Waals surface area contributed by atoms with E-state index in [9.17, 15) is 29.7 Å². The fraction of sp³-hybridized carbons (Fsp3) is 0.522. The van der Waals surface area contributed by atoms with E-state index in [1.807, 2.05) is 36.0 Å². The molecule has 0 spiro atoms. The minimum absolute atomic E-state index is 0.137. The second kappa shape index (κ2) is 19.2. The van der Waals surface area contributed by atoms with Gasteiger partial charge in [0.2, 0.25) is 0 Å². The van der Waals surface area contributed by atoms with Crippen LogP contribution >= 0.6 is 0 Å². The van der Waals surface area contributed by atoms with Crippen LogP contribution in [0.4, 0.5) is 11.4 Å². The van der Waals surface area contributed by atoms with Gasteiger partial charge in [-0.15, -0.1) is 0 Å². The van der Waals surface area contributed by atoms with Crippen LogP contribution in [0.25, 0.3) is 12.2 Å². The van der Waals surface area contributed by atoms with Crippen LogP contribution in [0.5, 0.6) is 0 Å². The molecule has 0 aromatic heterocycles. The summed E-state index contributed by atoms with van der Waals surface area (Å²) in [5.74, 6) is -2.30. The van der Waals surface area contributed by atoms with Crippen molar-refractivity contribution in [2.24, 2.45) is 0 Å². The van der Waals surface area contributed by atoms with Gasteiger partial charge in [0.15, 0.2) is 13.5 Å². The lowest BCUT2D eigenvalue weighted by Crippen LogP contribution is -2.28. The lowest BCUT2D eigenvalue weighted by Gasteiger charge is -2.34. The third kappa shape index (κ3) is 9.23. The average Bonchev–Trinajstić information content (AvgIpc) is 3.23. The first-order valence-electron chi connectivity index (χ1n) is 20.7. The normalized spacial score (nSPS) is 15.9. The largest absolute Gasteiger partial charge is 0.458 e. The van der Waals surface area contributed by atoms with Crippen LogP contribution in [-0.4, -0.2) is 64.6 Å². The zero-order chi connectivity index (χ0) is 41.3. The van der Waals surface area contributed by atoms with Crippen molar-refractivity contribution in [1.29, 1.82) is 10.5 Å². The Kier molecular flexibility index (Phi) is 13.9. The molecule has 0 radical (unpaired) electrons. The molecule has 0 aliphatic heterocycles. The van der Waals surface area contributed by atoms with Crippen LogP contribution in [0.2, 0.25) is 0 Å². The van der Waals surface area contributed by atoms with Gasteiger partial charge in [-0.25, -0.2) is 9.59 Å². The summed E-state index contributed by atoms with van der Waals surface area (Å²) in [4.78, 5) is 53.9. The molecule has 4 aliphatic carbocycles. The molecule has 0 fully saturated rings. The highest BCUT2D eigenvalue weighted by molar-refractivity contribution is 6.00. The van der Waals surface area contributed by atoms with Crippen LogP contribution in [-0.2, 0) is 89.5 Å². The summed E-state index contributed by atoms with van der Waals surface area (Å²) in [7, 11) is 3.87. The van der Waals surface area contributed by atoms with E-state index in [1.165, 1.54) is 36.1 Å². The maximum absolute atomic E-state index is 13.3. The van der Waals surface area contributed by atoms with Gasteiger partial charge in [0.1, 0.15) is 36.5 Å². The van der Waals surface area contributed by atoms with Crippen molar-refractivity contribution < 1.29 is 38.1 Å². The summed E-state index contributed by atoms with van der Waals surface area (Å²) in [6.07, 6.45) is 18.0. The molecule has 0 saturated heterocycles. The molecule has 306 valence electrons. The number of fused-ring (bicyclic) bond motifs is 4. The van der Waals surface area contributed by atoms with E-state index in [-0.39, 0.29) is 49.8 Å². The van der Waals surface area contributed by atoms with Crippen molar-refractivity contribution in [3.63, 3.8) is 0 Å². The summed E-state index contributed by atoms with van der Waals surface area (Å²) in [6, 6.07) is 4.09. The fourth-order valence-corrected chi connectivity index (χ4v) is 9.35. The van der Waals surface area contributed by atoms with Gasteiger partial charge in [-0.3, -0.25) is 9.59 Å². The highest BCUT2D eigenvalue weighted by Gasteiger charge is 2.31. The van der Waals surface area contributed by atoms with Gasteiger partial charge in [0.25, 0.3) is 0 Å². The van der Waals surface area contributed by atoms with Gasteiger partial charge < -0.3 is 28.7 Å². The van der Waals surface area contributed by atoms with Gasteiger partial charge >= 0.3 is 23.9 Å². The Bertz CT molecular complexity index is 1900. The standard InChI is InChI=1S/C46H54N4O8/c1-29(51)57-27-49(3)43-37-17-9-5-13-33(37)41(34-14-6-10-18-38(34)43)23-31(25-47)45(53)55-21-22-56-46(54)32(26-48)24-42-35-15-7-11-19-39(35)44(50(4)28-58-30(2)52)40-20-12-8-16-36(40)42/h23-24H,5-22,27-28H2,1-4H3. The summed E-state index contributed by atoms with van der Waals surface area (Å²) in [5.41, 5.74) is 12.9. The number of ether oxygens (including phenoxy) is 4. The zero-order valence-corrected chi connectivity index (χ0v) is 34.4. The number of nitrogens with zero attached hydrogens (tertiary/aromatic N) is 4. The summed E-state index contributed by atoms with van der Waals surface area (Å²) >= 11 is 0. The van der Waals surface area contributed by atoms with Crippen molar-refractivity contribution in [2.75, 3.05) is 50.6 Å². The summed E-state index contributed by atoms with van der Waals surface area (Å²) in [6.45, 7) is 2.51. The summed E-state index contributed by atoms with van der Waals surface area (Å²) < 4.78 is 21.7. The molecule has 0 saturated carbocycles. The molecular weight excluding hydrogens is 737 g/mol. The number of anilines is 2. The second-order valence-corrected chi connectivity index (χ2v) is 15.7. The predicted molar refractivity (Wildman–Crippen MR) is 219 cm³/mol. The zero-order valence-electron chi connectivity index (χ0n) is 34.4. The molecule has 6 rings (SSSR count). The molecule has 58 heavy (non-hydrogen) atoms. The number of nitriles is 2. The van der Waals surface area contributed by atoms with E-state index in [0.29, 0.717) is 0 Å². The number of carbonyl (C=O) groups is 4. The number of hydrogen-bond donors (Lipinski definition) is 0. The second-order valence-electron chi connectivity index (χ2n) is 15.7. The van der Waals surface area contributed by atoms with E-state index in [1.54, 1.807) is 12.2 Å². The maximum atomic E-state index is 13.3. The lowest BCUT2D eigenvalue weighted by atomic mass is 9.77. The maximum Gasteiger partial charge on any atom is 0.349 e. The van der Waals surface area contributed by atoms with Crippen LogP contribution in [0, 0.1) is 22.7 Å². The van der Waals surface area contributed by atoms with E-state index < -0.39 is 11.9 Å². The van der Waals surface area contributed by atoms with E-state index >= 15 is 0 Å². The van der Waals surface area contributed by atoms with E-state index in [0.717, 1.165) is 147 Å². The fourth-order valence-electron chi connectivity index (χ4n) is 9.35. The van der Waals surface area contributed by atoms with Crippen molar-refractivity contribution >= 4 is 47.4 Å². The van der Waals surface area contributed by atoms with Crippen LogP contribution < -0.4 is 9.80 Å². The highest BCUT2D eigenvalue weighted by Crippen LogP contribution is 2.44. The third-order valence-electron chi connectivity index (χ3n) is 11.8. The lowest BCUT2D eigenvalue weighted by molar-refractivity contribution is -0.146. The number of carbonyl (C=O) groups excluding carboxylic acids is 4. The molecule has 0 heterocycles. The Labute approximate surface area is 341 Å². The summed E-state index contributed by atoms with van der Waals surface area (Å²) in [5, 5.41) is 20.3. The Balaban J connectivity index is 1.19. The predicted octanol–water partition coefficient (Wildman–Crippen LogP) is 6.72. The van der Waals surface area contributed by atoms with Gasteiger partial charge in [0, 0.05) is 39.3 Å². The van der Waals surface area contributed by atoms with Crippen molar-refractivity contribution in [3.05, 3.63) is 66.8 Å². The highest BCUT2D eigenvalue weighted by atomic mass is 16.6. The molecule has 2 aromatic rings. The smallest absolute Gasteiger partial charge is 0.349 e. The van der Waals surface area contributed by atoms with E-state index in [4.69, 9.17) is 18.9 Å². The van der Waals surface area contributed by atoms with Crippen molar-refractivity contribution in [2.45, 2.75) is 117 Å². The van der Waals surface area contributed by atoms with Crippen LogP contribution in [0.3, 0.4) is 0 Å². The van der Waals surface area contributed by atoms with Crippen LogP contribution in [0.1, 0.15) is 121 Å². The van der Waals surface area contributed by atoms with Gasteiger partial charge in [-0.1, -0.05) is 0 Å². The SMILES string of the molecule is CC(=O)OCN(C)c1c2c(c(C=C(C#N)C(=O)OCCOC(=O)C(C#N)=Cc3c4c(c(N(C)COC(C)=O)c5c3CCCC5)CCCC4)c3c1CCCC3)CCCC2. The first-order valence-corrected chi connectivity index (χ1v) is 20.7. The molecule has 0 N–H and O–H groups in total. The Morgan fingerprint density at radius 3 is 1.03 bits per heavy atom. The van der Waals surface area contributed by atoms with Gasteiger partial charge in [-0.2, -0.15) is 10.5 Å². The van der Waals surface area contributed by atoms with E-state index in [2.05, 4.69) is 0 Å².